The smallest absolute Gasteiger partial charge is 0.356 e. The van der Waals surface area contributed by atoms with E-state index in [0.717, 1.165) is 4.68 Å². The number of aromatic nitrogens is 2. The van der Waals surface area contributed by atoms with E-state index in [-0.39, 0.29) is 15.7 Å². The van der Waals surface area contributed by atoms with Crippen LogP contribution < -0.4 is 5.56 Å². The predicted molar refractivity (Wildman–Crippen MR) is 44.1 cm³/mol. The summed E-state index contributed by atoms with van der Waals surface area (Å²) in [5.74, 6) is -1.16. The molecule has 0 unspecified atom stereocenters. The number of rotatable bonds is 1. The van der Waals surface area contributed by atoms with Gasteiger partial charge in [-0.15, -0.1) is 0 Å². The first-order valence-electron chi connectivity index (χ1n) is 2.99. The highest BCUT2D eigenvalue weighted by atomic mass is 79.9. The first kappa shape index (κ1) is 8.92. The Morgan fingerprint density at radius 3 is 2.75 bits per heavy atom. The van der Waals surface area contributed by atoms with Crippen molar-refractivity contribution in [3.63, 3.8) is 0 Å². The molecule has 0 aliphatic rings. The van der Waals surface area contributed by atoms with Crippen molar-refractivity contribution in [2.75, 3.05) is 0 Å². The third kappa shape index (κ3) is 1.53. The summed E-state index contributed by atoms with van der Waals surface area (Å²) < 4.78 is 1.16. The zero-order valence-electron chi connectivity index (χ0n) is 6.11. The van der Waals surface area contributed by atoms with Crippen molar-refractivity contribution in [2.45, 2.75) is 0 Å². The zero-order chi connectivity index (χ0) is 9.30. The molecule has 1 aromatic rings. The number of aromatic carboxylic acids is 1. The normalized spacial score (nSPS) is 9.83. The molecule has 1 aromatic heterocycles. The number of nitrogens with zero attached hydrogens (tertiary/aromatic N) is 2. The zero-order valence-corrected chi connectivity index (χ0v) is 7.70. The lowest BCUT2D eigenvalue weighted by molar-refractivity contribution is 0.0687. The van der Waals surface area contributed by atoms with Crippen LogP contribution in [0, 0.1) is 0 Å². The molecule has 12 heavy (non-hydrogen) atoms. The van der Waals surface area contributed by atoms with Gasteiger partial charge in [0.1, 0.15) is 0 Å². The third-order valence-corrected chi connectivity index (χ3v) is 1.81. The number of hydrogen-bond acceptors (Lipinski definition) is 3. The number of halogens is 1. The van der Waals surface area contributed by atoms with Gasteiger partial charge in [0.25, 0.3) is 5.56 Å². The Hall–Kier alpha value is -1.17. The molecule has 0 bridgehead atoms. The average molecular weight is 233 g/mol. The van der Waals surface area contributed by atoms with E-state index in [0.29, 0.717) is 0 Å². The van der Waals surface area contributed by atoms with Crippen LogP contribution in [0.4, 0.5) is 0 Å². The Labute approximate surface area is 75.8 Å². The number of aryl methyl sites for hydroxylation is 1. The van der Waals surface area contributed by atoms with Crippen molar-refractivity contribution in [2.24, 2.45) is 7.05 Å². The molecule has 0 saturated heterocycles. The van der Waals surface area contributed by atoms with Crippen LogP contribution in [0.25, 0.3) is 0 Å². The summed E-state index contributed by atoms with van der Waals surface area (Å²) in [5, 5.41) is 12.0. The van der Waals surface area contributed by atoms with Gasteiger partial charge in [-0.2, -0.15) is 5.10 Å². The quantitative estimate of drug-likeness (QED) is 0.754. The topological polar surface area (TPSA) is 72.2 Å². The van der Waals surface area contributed by atoms with Crippen LogP contribution >= 0.6 is 15.9 Å². The highest BCUT2D eigenvalue weighted by Crippen LogP contribution is 2.03. The Kier molecular flexibility index (Phi) is 2.27. The molecule has 64 valence electrons. The summed E-state index contributed by atoms with van der Waals surface area (Å²) in [5.41, 5.74) is -0.524. The van der Waals surface area contributed by atoms with Crippen molar-refractivity contribution >= 4 is 21.9 Å². The molecule has 0 atom stereocenters. The maximum Gasteiger partial charge on any atom is 0.356 e. The van der Waals surface area contributed by atoms with Gasteiger partial charge in [0, 0.05) is 7.05 Å². The highest BCUT2D eigenvalue weighted by molar-refractivity contribution is 9.10. The van der Waals surface area contributed by atoms with Crippen molar-refractivity contribution in [1.82, 2.24) is 9.78 Å². The second-order valence-corrected chi connectivity index (χ2v) is 2.97. The molecule has 6 heteroatoms. The van der Waals surface area contributed by atoms with E-state index in [4.69, 9.17) is 5.11 Å². The molecule has 5 nitrogen and oxygen atoms in total. The standard InChI is InChI=1S/C6H5BrN2O3/c1-9-5(10)3(7)2-4(8-9)6(11)12/h2H,1H3,(H,11,12). The molecular weight excluding hydrogens is 228 g/mol. The van der Waals surface area contributed by atoms with Gasteiger partial charge in [0.15, 0.2) is 5.69 Å². The average Bonchev–Trinajstić information content (AvgIpc) is 1.99. The monoisotopic (exact) mass is 232 g/mol. The van der Waals surface area contributed by atoms with Crippen LogP contribution in [0.15, 0.2) is 15.3 Å². The number of carboxylic acid groups (broad SMARTS) is 1. The minimum atomic E-state index is -1.16. The minimum absolute atomic E-state index is 0.163. The lowest BCUT2D eigenvalue weighted by atomic mass is 10.4. The number of hydrogen-bond donors (Lipinski definition) is 1. The first-order chi connectivity index (χ1) is 5.52. The summed E-state index contributed by atoms with van der Waals surface area (Å²) in [6.45, 7) is 0. The van der Waals surface area contributed by atoms with E-state index in [1.54, 1.807) is 0 Å². The molecule has 0 radical (unpaired) electrons. The minimum Gasteiger partial charge on any atom is -0.476 e. The van der Waals surface area contributed by atoms with Crippen LogP contribution in [0.5, 0.6) is 0 Å². The van der Waals surface area contributed by atoms with Crippen LogP contribution in [-0.2, 0) is 7.05 Å². The molecule has 0 aromatic carbocycles. The van der Waals surface area contributed by atoms with Gasteiger partial charge in [-0.05, 0) is 22.0 Å². The predicted octanol–water partition coefficient (Wildman–Crippen LogP) is 0.241. The van der Waals surface area contributed by atoms with Crippen molar-refractivity contribution in [3.05, 3.63) is 26.6 Å². The SMILES string of the molecule is Cn1nc(C(=O)O)cc(Br)c1=O. The third-order valence-electron chi connectivity index (χ3n) is 1.24. The molecule has 1 N–H and O–H groups in total. The van der Waals surface area contributed by atoms with Crippen LogP contribution in [0.3, 0.4) is 0 Å². The molecule has 1 rings (SSSR count). The molecule has 0 aliphatic heterocycles. The largest absolute Gasteiger partial charge is 0.476 e. The second-order valence-electron chi connectivity index (χ2n) is 2.11. The second kappa shape index (κ2) is 3.06. The van der Waals surface area contributed by atoms with E-state index < -0.39 is 5.97 Å². The van der Waals surface area contributed by atoms with Gasteiger partial charge in [-0.25, -0.2) is 9.48 Å². The van der Waals surface area contributed by atoms with E-state index in [9.17, 15) is 9.59 Å². The Balaban J connectivity index is 3.41. The maximum absolute atomic E-state index is 11.0. The molecular formula is C6H5BrN2O3. The van der Waals surface area contributed by atoms with Gasteiger partial charge < -0.3 is 5.11 Å². The fourth-order valence-corrected chi connectivity index (χ4v) is 1.15. The summed E-state index contributed by atoms with van der Waals surface area (Å²) in [4.78, 5) is 21.4. The van der Waals surface area contributed by atoms with E-state index in [1.165, 1.54) is 13.1 Å². The Bertz CT molecular complexity index is 359. The molecule has 0 amide bonds. The van der Waals surface area contributed by atoms with Gasteiger partial charge in [0.2, 0.25) is 0 Å². The fraction of sp³-hybridized carbons (Fsp3) is 0.167. The lowest BCUT2D eigenvalue weighted by Crippen LogP contribution is -2.22. The van der Waals surface area contributed by atoms with Crippen molar-refractivity contribution in [3.8, 4) is 0 Å². The van der Waals surface area contributed by atoms with Gasteiger partial charge in [-0.1, -0.05) is 0 Å². The van der Waals surface area contributed by atoms with E-state index >= 15 is 0 Å². The lowest BCUT2D eigenvalue weighted by Gasteiger charge is -1.98. The fourth-order valence-electron chi connectivity index (χ4n) is 0.677. The summed E-state index contributed by atoms with van der Waals surface area (Å²) in [7, 11) is 1.39. The van der Waals surface area contributed by atoms with Gasteiger partial charge in [0.05, 0.1) is 4.47 Å². The van der Waals surface area contributed by atoms with Gasteiger partial charge >= 0.3 is 5.97 Å². The number of carboxylic acids is 1. The maximum atomic E-state index is 11.0. The first-order valence-corrected chi connectivity index (χ1v) is 3.79. The molecule has 0 aliphatic carbocycles. The van der Waals surface area contributed by atoms with Gasteiger partial charge in [-0.3, -0.25) is 4.79 Å². The molecule has 1 heterocycles. The Morgan fingerprint density at radius 1 is 1.75 bits per heavy atom. The molecule has 0 fully saturated rings. The van der Waals surface area contributed by atoms with Crippen molar-refractivity contribution in [1.29, 1.82) is 0 Å². The highest BCUT2D eigenvalue weighted by Gasteiger charge is 2.08. The number of carbonyl (C=O) groups is 1. The van der Waals surface area contributed by atoms with E-state index in [1.807, 2.05) is 0 Å². The summed E-state index contributed by atoms with van der Waals surface area (Å²) >= 11 is 2.93. The molecule has 0 saturated carbocycles. The van der Waals surface area contributed by atoms with Crippen LogP contribution in [-0.4, -0.2) is 20.9 Å². The summed E-state index contributed by atoms with van der Waals surface area (Å²) in [6, 6.07) is 1.17. The van der Waals surface area contributed by atoms with Crippen LogP contribution in [0.1, 0.15) is 10.5 Å². The van der Waals surface area contributed by atoms with Crippen LogP contribution in [0.2, 0.25) is 0 Å². The van der Waals surface area contributed by atoms with E-state index in [2.05, 4.69) is 21.0 Å². The molecule has 0 spiro atoms. The summed E-state index contributed by atoms with van der Waals surface area (Å²) in [6.07, 6.45) is 0. The Morgan fingerprint density at radius 2 is 2.33 bits per heavy atom. The van der Waals surface area contributed by atoms with Crippen molar-refractivity contribution < 1.29 is 9.90 Å².